The third kappa shape index (κ3) is 3.92. The van der Waals surface area contributed by atoms with Crippen molar-refractivity contribution >= 4 is 11.6 Å². The summed E-state index contributed by atoms with van der Waals surface area (Å²) in [6.07, 6.45) is 1.45. The molecule has 2 aromatic carbocycles. The van der Waals surface area contributed by atoms with Crippen LogP contribution >= 0.6 is 0 Å². The quantitative estimate of drug-likeness (QED) is 0.642. The molecule has 0 unspecified atom stereocenters. The minimum absolute atomic E-state index is 0.0381. The Balaban J connectivity index is 2.05. The molecule has 1 aromatic heterocycles. The van der Waals surface area contributed by atoms with Gasteiger partial charge in [0.05, 0.1) is 38.3 Å². The highest BCUT2D eigenvalue weighted by atomic mass is 19.1. The van der Waals surface area contributed by atoms with Gasteiger partial charge in [-0.1, -0.05) is 0 Å². The fourth-order valence-electron chi connectivity index (χ4n) is 2.65. The van der Waals surface area contributed by atoms with Crippen molar-refractivity contribution < 1.29 is 27.5 Å². The fourth-order valence-corrected chi connectivity index (χ4v) is 2.65. The minimum Gasteiger partial charge on any atom is -0.497 e. The van der Waals surface area contributed by atoms with E-state index in [0.29, 0.717) is 11.5 Å². The van der Waals surface area contributed by atoms with Crippen LogP contribution in [0.5, 0.6) is 11.5 Å². The first-order valence-electron chi connectivity index (χ1n) is 8.05. The van der Waals surface area contributed by atoms with Crippen LogP contribution in [-0.4, -0.2) is 20.1 Å². The van der Waals surface area contributed by atoms with Gasteiger partial charge in [0.25, 0.3) is 5.91 Å². The number of benzene rings is 2. The number of hydrogen-bond donors (Lipinski definition) is 0. The third-order valence-corrected chi connectivity index (χ3v) is 3.98. The van der Waals surface area contributed by atoms with Crippen LogP contribution in [0.15, 0.2) is 59.2 Å². The molecule has 0 atom stereocenters. The Morgan fingerprint density at radius 3 is 2.52 bits per heavy atom. The van der Waals surface area contributed by atoms with Crippen molar-refractivity contribution in [1.29, 1.82) is 0 Å². The highest BCUT2D eigenvalue weighted by molar-refractivity contribution is 6.08. The van der Waals surface area contributed by atoms with E-state index >= 15 is 0 Å². The van der Waals surface area contributed by atoms with Crippen molar-refractivity contribution in [3.8, 4) is 11.5 Å². The summed E-state index contributed by atoms with van der Waals surface area (Å²) in [6.45, 7) is -0.0381. The summed E-state index contributed by atoms with van der Waals surface area (Å²) in [4.78, 5) is 14.4. The molecule has 0 aliphatic carbocycles. The maximum absolute atomic E-state index is 14.4. The lowest BCUT2D eigenvalue weighted by atomic mass is 10.1. The normalized spacial score (nSPS) is 10.5. The van der Waals surface area contributed by atoms with Crippen molar-refractivity contribution in [1.82, 2.24) is 0 Å². The second kappa shape index (κ2) is 7.90. The molecule has 27 heavy (non-hydrogen) atoms. The molecule has 140 valence electrons. The Morgan fingerprint density at radius 1 is 1.07 bits per heavy atom. The number of halogens is 2. The molecule has 0 N–H and O–H groups in total. The maximum Gasteiger partial charge on any atom is 0.262 e. The number of hydrogen-bond acceptors (Lipinski definition) is 4. The lowest BCUT2D eigenvalue weighted by Gasteiger charge is -2.23. The zero-order chi connectivity index (χ0) is 19.4. The van der Waals surface area contributed by atoms with Crippen LogP contribution in [0, 0.1) is 11.6 Å². The summed E-state index contributed by atoms with van der Waals surface area (Å²) in [5.41, 5.74) is 0.129. The first-order chi connectivity index (χ1) is 13.0. The van der Waals surface area contributed by atoms with Gasteiger partial charge in [-0.3, -0.25) is 9.69 Å². The number of rotatable bonds is 6. The first kappa shape index (κ1) is 18.4. The van der Waals surface area contributed by atoms with Crippen LogP contribution in [-0.2, 0) is 6.54 Å². The van der Waals surface area contributed by atoms with E-state index in [0.717, 1.165) is 17.0 Å². The van der Waals surface area contributed by atoms with Crippen molar-refractivity contribution in [2.45, 2.75) is 6.54 Å². The molecular weight excluding hydrogens is 356 g/mol. The molecule has 1 amide bonds. The Morgan fingerprint density at radius 2 is 1.89 bits per heavy atom. The smallest absolute Gasteiger partial charge is 0.262 e. The second-order valence-corrected chi connectivity index (χ2v) is 5.63. The van der Waals surface area contributed by atoms with E-state index in [1.807, 2.05) is 0 Å². The molecule has 5 nitrogen and oxygen atoms in total. The Labute approximate surface area is 154 Å². The number of nitrogens with zero attached hydrogens (tertiary/aromatic N) is 1. The van der Waals surface area contributed by atoms with Gasteiger partial charge < -0.3 is 13.9 Å². The zero-order valence-electron chi connectivity index (χ0n) is 14.7. The van der Waals surface area contributed by atoms with E-state index in [1.165, 1.54) is 32.6 Å². The van der Waals surface area contributed by atoms with E-state index in [9.17, 15) is 13.6 Å². The number of amides is 1. The third-order valence-electron chi connectivity index (χ3n) is 3.98. The van der Waals surface area contributed by atoms with Crippen LogP contribution < -0.4 is 14.4 Å². The van der Waals surface area contributed by atoms with E-state index in [2.05, 4.69) is 0 Å². The Kier molecular flexibility index (Phi) is 5.40. The SMILES string of the molecule is COc1ccc(C(=O)N(Cc2ccco2)c2ccc(F)cc2F)c(OC)c1. The van der Waals surface area contributed by atoms with E-state index in [-0.39, 0.29) is 23.5 Å². The monoisotopic (exact) mass is 373 g/mol. The van der Waals surface area contributed by atoms with E-state index in [4.69, 9.17) is 13.9 Å². The van der Waals surface area contributed by atoms with Gasteiger partial charge in [0.1, 0.15) is 28.9 Å². The van der Waals surface area contributed by atoms with Crippen LogP contribution in [0.2, 0.25) is 0 Å². The molecule has 0 fully saturated rings. The molecule has 0 bridgehead atoms. The Bertz CT molecular complexity index is 941. The summed E-state index contributed by atoms with van der Waals surface area (Å²) in [5.74, 6) is -0.901. The largest absolute Gasteiger partial charge is 0.497 e. The fraction of sp³-hybridized carbons (Fsp3) is 0.150. The van der Waals surface area contributed by atoms with Crippen LogP contribution in [0.3, 0.4) is 0 Å². The van der Waals surface area contributed by atoms with E-state index in [1.54, 1.807) is 24.3 Å². The van der Waals surface area contributed by atoms with Crippen LogP contribution in [0.4, 0.5) is 14.5 Å². The van der Waals surface area contributed by atoms with Gasteiger partial charge in [-0.05, 0) is 36.4 Å². The average Bonchev–Trinajstić information content (AvgIpc) is 3.19. The summed E-state index contributed by atoms with van der Waals surface area (Å²) in [7, 11) is 2.91. The molecular formula is C20H17F2NO4. The molecule has 0 aliphatic heterocycles. The molecule has 3 aromatic rings. The summed E-state index contributed by atoms with van der Waals surface area (Å²) in [5, 5.41) is 0. The molecule has 0 saturated carbocycles. The predicted octanol–water partition coefficient (Wildman–Crippen LogP) is 4.42. The Hall–Kier alpha value is -3.35. The molecule has 0 spiro atoms. The van der Waals surface area contributed by atoms with Gasteiger partial charge in [-0.15, -0.1) is 0 Å². The second-order valence-electron chi connectivity index (χ2n) is 5.63. The predicted molar refractivity (Wildman–Crippen MR) is 95.1 cm³/mol. The summed E-state index contributed by atoms with van der Waals surface area (Å²) in [6, 6.07) is 11.0. The van der Waals surface area contributed by atoms with Crippen molar-refractivity contribution in [2.24, 2.45) is 0 Å². The van der Waals surface area contributed by atoms with Crippen molar-refractivity contribution in [3.05, 3.63) is 77.8 Å². The molecule has 0 radical (unpaired) electrons. The van der Waals surface area contributed by atoms with E-state index < -0.39 is 17.5 Å². The van der Waals surface area contributed by atoms with Crippen LogP contribution in [0.25, 0.3) is 0 Å². The maximum atomic E-state index is 14.4. The number of methoxy groups -OCH3 is 2. The number of carbonyl (C=O) groups excluding carboxylic acids is 1. The lowest BCUT2D eigenvalue weighted by Crippen LogP contribution is -2.31. The van der Waals surface area contributed by atoms with Crippen molar-refractivity contribution in [3.63, 3.8) is 0 Å². The number of carbonyl (C=O) groups is 1. The number of anilines is 1. The summed E-state index contributed by atoms with van der Waals surface area (Å²) >= 11 is 0. The van der Waals surface area contributed by atoms with Gasteiger partial charge in [-0.25, -0.2) is 8.78 Å². The van der Waals surface area contributed by atoms with Gasteiger partial charge in [-0.2, -0.15) is 0 Å². The highest BCUT2D eigenvalue weighted by Gasteiger charge is 2.25. The van der Waals surface area contributed by atoms with Crippen LogP contribution in [0.1, 0.15) is 16.1 Å². The molecule has 0 saturated heterocycles. The molecule has 3 rings (SSSR count). The zero-order valence-corrected chi connectivity index (χ0v) is 14.7. The first-order valence-corrected chi connectivity index (χ1v) is 8.05. The standard InChI is InChI=1S/C20H17F2NO4/c1-25-14-6-7-16(19(11-14)26-2)20(24)23(12-15-4-3-9-27-15)18-8-5-13(21)10-17(18)22/h3-11H,12H2,1-2H3. The molecule has 0 aliphatic rings. The minimum atomic E-state index is -0.859. The lowest BCUT2D eigenvalue weighted by molar-refractivity contribution is 0.0979. The average molecular weight is 373 g/mol. The van der Waals surface area contributed by atoms with Gasteiger partial charge in [0.15, 0.2) is 0 Å². The number of ether oxygens (including phenoxy) is 2. The van der Waals surface area contributed by atoms with Gasteiger partial charge >= 0.3 is 0 Å². The molecule has 7 heteroatoms. The van der Waals surface area contributed by atoms with Gasteiger partial charge in [0, 0.05) is 12.1 Å². The highest BCUT2D eigenvalue weighted by Crippen LogP contribution is 2.30. The molecule has 1 heterocycles. The van der Waals surface area contributed by atoms with Gasteiger partial charge in [0.2, 0.25) is 0 Å². The topological polar surface area (TPSA) is 51.9 Å². The summed E-state index contributed by atoms with van der Waals surface area (Å²) < 4.78 is 43.4. The number of furan rings is 1. The van der Waals surface area contributed by atoms with Crippen molar-refractivity contribution in [2.75, 3.05) is 19.1 Å².